The molecule has 0 radical (unpaired) electrons. The fourth-order valence-corrected chi connectivity index (χ4v) is 12.7. The van der Waals surface area contributed by atoms with E-state index >= 15 is 0 Å². The van der Waals surface area contributed by atoms with Crippen LogP contribution in [0.4, 0.5) is 5.13 Å². The number of nitrogen functional groups attached to an aromatic ring is 1. The van der Waals surface area contributed by atoms with Crippen LogP contribution in [0.15, 0.2) is 141 Å². The second-order valence-electron chi connectivity index (χ2n) is 16.6. The Labute approximate surface area is 469 Å². The van der Waals surface area contributed by atoms with Crippen LogP contribution in [0, 0.1) is 0 Å². The molecule has 12 nitrogen and oxygen atoms in total. The predicted molar refractivity (Wildman–Crippen MR) is 314 cm³/mol. The molecule has 0 atom stereocenters. The molecule has 0 saturated carbocycles. The Morgan fingerprint density at radius 1 is 0.589 bits per heavy atom. The van der Waals surface area contributed by atoms with E-state index in [0.717, 1.165) is 79.8 Å². The molecule has 8 heterocycles. The van der Waals surface area contributed by atoms with Gasteiger partial charge in [-0.3, -0.25) is 4.98 Å². The van der Waals surface area contributed by atoms with Gasteiger partial charge < -0.3 is 24.5 Å². The fraction of sp³-hybridized carbons (Fsp3) is 0.196. The first-order valence-electron chi connectivity index (χ1n) is 22.2. The van der Waals surface area contributed by atoms with E-state index in [4.69, 9.17) is 41.1 Å². The quantitative estimate of drug-likeness (QED) is 0.144. The molecule has 12 rings (SSSR count). The van der Waals surface area contributed by atoms with Crippen LogP contribution in [0.25, 0.3) is 41.8 Å². The van der Waals surface area contributed by atoms with Crippen LogP contribution in [-0.4, -0.2) is 67.4 Å². The van der Waals surface area contributed by atoms with Crippen molar-refractivity contribution in [1.29, 1.82) is 0 Å². The van der Waals surface area contributed by atoms with Crippen LogP contribution in [0.2, 0.25) is 4.47 Å². The summed E-state index contributed by atoms with van der Waals surface area (Å²) in [5.74, 6) is 1.58. The lowest BCUT2D eigenvalue weighted by atomic mass is 9.80. The Morgan fingerprint density at radius 2 is 1.12 bits per heavy atom. The van der Waals surface area contributed by atoms with Crippen LogP contribution < -0.4 is 20.7 Å². The Bertz CT molecular complexity index is 3490. The van der Waals surface area contributed by atoms with Crippen molar-refractivity contribution in [2.24, 2.45) is 0 Å². The number of anilines is 1. The first kappa shape index (κ1) is 54.5. The van der Waals surface area contributed by atoms with E-state index in [9.17, 15) is 0 Å². The summed E-state index contributed by atoms with van der Waals surface area (Å²) in [5, 5.41) is 10.9. The summed E-state index contributed by atoms with van der Waals surface area (Å²) >= 11 is 22.3. The average molecular weight is 1230 g/mol. The summed E-state index contributed by atoms with van der Waals surface area (Å²) in [4.78, 5) is 29.9. The lowest BCUT2D eigenvalue weighted by Gasteiger charge is -2.32. The summed E-state index contributed by atoms with van der Waals surface area (Å²) in [5.41, 5.74) is 10.8. The monoisotopic (exact) mass is 1230 g/mol. The molecule has 2 N–H and O–H groups in total. The average Bonchev–Trinajstić information content (AvgIpc) is 4.26. The molecule has 11 aromatic rings. The highest BCUT2D eigenvalue weighted by Crippen LogP contribution is 2.37. The van der Waals surface area contributed by atoms with E-state index in [2.05, 4.69) is 98.2 Å². The van der Waals surface area contributed by atoms with Gasteiger partial charge in [0.25, 0.3) is 0 Å². The molecule has 1 saturated heterocycles. The molecule has 22 heteroatoms. The predicted octanol–water partition coefficient (Wildman–Crippen LogP) is 15.0. The maximum Gasteiger partial charge on any atom is 0.496 e. The zero-order valence-corrected chi connectivity index (χ0v) is 48.9. The summed E-state index contributed by atoms with van der Waals surface area (Å²) in [7, 11) is 2.92. The Hall–Kier alpha value is -4.78. The number of rotatable bonds is 8. The summed E-state index contributed by atoms with van der Waals surface area (Å²) in [6.07, 6.45) is 10.4. The first-order chi connectivity index (χ1) is 35.1. The van der Waals surface area contributed by atoms with E-state index in [-0.39, 0.29) is 18.3 Å². The molecule has 1 fully saturated rings. The summed E-state index contributed by atoms with van der Waals surface area (Å²) in [6, 6.07) is 28.5. The van der Waals surface area contributed by atoms with Crippen molar-refractivity contribution in [2.75, 3.05) is 20.0 Å². The van der Waals surface area contributed by atoms with Crippen molar-refractivity contribution in [3.05, 3.63) is 165 Å². The number of fused-ring (bicyclic) bond motifs is 3. The number of pyridine rings is 1. The van der Waals surface area contributed by atoms with Gasteiger partial charge in [-0.25, -0.2) is 29.9 Å². The molecular weight excluding hydrogens is 1190 g/mol. The molecule has 4 aromatic carbocycles. The third-order valence-corrected chi connectivity index (χ3v) is 17.4. The topological polar surface area (TPSA) is 153 Å². The Morgan fingerprint density at radius 3 is 1.66 bits per heavy atom. The molecule has 0 unspecified atom stereocenters. The van der Waals surface area contributed by atoms with Crippen LogP contribution >= 0.6 is 111 Å². The van der Waals surface area contributed by atoms with E-state index in [1.807, 2.05) is 105 Å². The number of aromatic nitrogens is 7. The molecule has 73 heavy (non-hydrogen) atoms. The van der Waals surface area contributed by atoms with Gasteiger partial charge in [0, 0.05) is 55.3 Å². The minimum absolute atomic E-state index is 0.333. The van der Waals surface area contributed by atoms with Gasteiger partial charge in [-0.1, -0.05) is 61.7 Å². The zero-order valence-electron chi connectivity index (χ0n) is 40.1. The molecule has 0 spiro atoms. The SMILES string of the molecule is Brc1ccc2nc(Cc3nccs3)sc2c1.COc1cccc(-c2ccc3nc(Cc4nccs4)sc3c2)c1.COc1cncc(B2OC(C)(C)C(C)(C)O2)c1.Clc1nc2ccc(Br)cc2s1.Nc1nccs1. The highest BCUT2D eigenvalue weighted by molar-refractivity contribution is 9.10. The van der Waals surface area contributed by atoms with Crippen molar-refractivity contribution < 1.29 is 18.8 Å². The van der Waals surface area contributed by atoms with Gasteiger partial charge in [0.15, 0.2) is 9.60 Å². The van der Waals surface area contributed by atoms with Gasteiger partial charge in [-0.05, 0) is 106 Å². The number of hydrogen-bond donors (Lipinski definition) is 1. The van der Waals surface area contributed by atoms with Gasteiger partial charge in [0.2, 0.25) is 0 Å². The second kappa shape index (κ2) is 25.2. The first-order valence-corrected chi connectivity index (χ1v) is 29.3. The zero-order chi connectivity index (χ0) is 51.5. The van der Waals surface area contributed by atoms with Crippen molar-refractivity contribution in [3.8, 4) is 22.6 Å². The third kappa shape index (κ3) is 15.0. The number of methoxy groups -OCH3 is 2. The maximum atomic E-state index is 5.93. The van der Waals surface area contributed by atoms with E-state index in [1.54, 1.807) is 78.2 Å². The van der Waals surface area contributed by atoms with Crippen LogP contribution in [0.1, 0.15) is 47.7 Å². The van der Waals surface area contributed by atoms with Gasteiger partial charge in [-0.15, -0.1) is 68.0 Å². The van der Waals surface area contributed by atoms with Gasteiger partial charge in [0.1, 0.15) is 21.5 Å². The van der Waals surface area contributed by atoms with Crippen LogP contribution in [0.3, 0.4) is 0 Å². The number of hydrogen-bond acceptors (Lipinski definition) is 18. The molecule has 0 bridgehead atoms. The van der Waals surface area contributed by atoms with E-state index in [0.29, 0.717) is 15.3 Å². The molecule has 0 amide bonds. The molecular formula is C51H46BBr2ClN8O4S6. The number of thiazole rings is 6. The van der Waals surface area contributed by atoms with E-state index < -0.39 is 0 Å². The number of nitrogens with zero attached hydrogens (tertiary/aromatic N) is 7. The fourth-order valence-electron chi connectivity index (χ4n) is 6.75. The number of halogens is 3. The number of benzene rings is 4. The van der Waals surface area contributed by atoms with Crippen molar-refractivity contribution in [3.63, 3.8) is 0 Å². The van der Waals surface area contributed by atoms with Crippen LogP contribution in [0.5, 0.6) is 11.5 Å². The van der Waals surface area contributed by atoms with Crippen molar-refractivity contribution in [2.45, 2.75) is 51.7 Å². The third-order valence-electron chi connectivity index (χ3n) is 11.1. The van der Waals surface area contributed by atoms with Crippen molar-refractivity contribution >= 4 is 160 Å². The highest BCUT2D eigenvalue weighted by atomic mass is 79.9. The molecule has 1 aliphatic heterocycles. The molecule has 7 aromatic heterocycles. The number of ether oxygens (including phenoxy) is 2. The number of nitrogens with two attached hydrogens (primary N) is 1. The minimum Gasteiger partial charge on any atom is -0.497 e. The standard InChI is InChI=1S/C18H14N2OS2.C12H18BNO3.C11H7BrN2S2.C7H3BrClNS.C3H4N2S/c1-21-14-4-2-3-12(9-14)13-5-6-15-16(10-13)23-18(20-15)11-17-19-7-8-22-17;1-11(2)12(3,4)17-13(16-11)9-6-10(15-5)8-14-7-9;12-7-1-2-8-9(5-7)16-11(14-8)6-10-13-3-4-15-10;8-4-1-2-5-6(3-4)11-7(9)10-5;4-3-5-1-2-6-3/h2-10H,11H2,1H3;6-8H,1-5H3;1-5H,6H2;1-3H;1-2H,(H2,4,5). The Kier molecular flexibility index (Phi) is 18.8. The molecule has 374 valence electrons. The van der Waals surface area contributed by atoms with Gasteiger partial charge >= 0.3 is 7.12 Å². The van der Waals surface area contributed by atoms with Crippen molar-refractivity contribution in [1.82, 2.24) is 34.9 Å². The Balaban J connectivity index is 0.000000128. The highest BCUT2D eigenvalue weighted by Gasteiger charge is 2.51. The lowest BCUT2D eigenvalue weighted by Crippen LogP contribution is -2.41. The second-order valence-corrected chi connectivity index (χ2v) is 25.2. The summed E-state index contributed by atoms with van der Waals surface area (Å²) in [6.45, 7) is 8.11. The minimum atomic E-state index is -0.386. The van der Waals surface area contributed by atoms with Gasteiger partial charge in [0.05, 0.1) is 85.1 Å². The normalized spacial score (nSPS) is 13.2. The smallest absolute Gasteiger partial charge is 0.496 e. The lowest BCUT2D eigenvalue weighted by molar-refractivity contribution is 0.00578. The summed E-state index contributed by atoms with van der Waals surface area (Å²) < 4.78 is 28.6. The molecule has 0 aliphatic carbocycles. The van der Waals surface area contributed by atoms with Gasteiger partial charge in [-0.2, -0.15) is 0 Å². The van der Waals surface area contributed by atoms with E-state index in [1.165, 1.54) is 37.6 Å². The molecule has 1 aliphatic rings. The maximum absolute atomic E-state index is 5.93. The largest absolute Gasteiger partial charge is 0.497 e. The van der Waals surface area contributed by atoms with Crippen LogP contribution in [-0.2, 0) is 22.2 Å².